The average molecular weight is 284 g/mol. The molecule has 0 aliphatic carbocycles. The zero-order chi connectivity index (χ0) is 15.0. The van der Waals surface area contributed by atoms with Crippen LogP contribution in [-0.4, -0.2) is 17.2 Å². The molecule has 0 saturated carbocycles. The molecule has 0 unspecified atom stereocenters. The van der Waals surface area contributed by atoms with E-state index >= 15 is 0 Å². The van der Waals surface area contributed by atoms with Gasteiger partial charge in [-0.3, -0.25) is 10.1 Å². The summed E-state index contributed by atoms with van der Waals surface area (Å²) in [6.45, 7) is 1.92. The lowest BCUT2D eigenvalue weighted by Gasteiger charge is -2.05. The highest BCUT2D eigenvalue weighted by Crippen LogP contribution is 2.32. The van der Waals surface area contributed by atoms with Crippen molar-refractivity contribution >= 4 is 16.7 Å². The summed E-state index contributed by atoms with van der Waals surface area (Å²) in [5, 5.41) is 15.5. The summed E-state index contributed by atoms with van der Waals surface area (Å²) in [5.74, 6) is 0.775. The number of hydrogen-bond acceptors (Lipinski definition) is 5. The predicted molar refractivity (Wildman–Crippen MR) is 77.4 cm³/mol. The van der Waals surface area contributed by atoms with Gasteiger partial charge in [0.2, 0.25) is 0 Å². The van der Waals surface area contributed by atoms with Crippen LogP contribution in [0, 0.1) is 17.0 Å². The van der Waals surface area contributed by atoms with Gasteiger partial charge in [-0.25, -0.2) is 0 Å². The maximum atomic E-state index is 10.9. The van der Waals surface area contributed by atoms with Gasteiger partial charge in [-0.1, -0.05) is 5.16 Å². The van der Waals surface area contributed by atoms with Gasteiger partial charge in [0.15, 0.2) is 5.58 Å². The van der Waals surface area contributed by atoms with Crippen LogP contribution in [0.5, 0.6) is 5.75 Å². The van der Waals surface area contributed by atoms with Crippen LogP contribution in [-0.2, 0) is 0 Å². The van der Waals surface area contributed by atoms with Crippen molar-refractivity contribution in [2.45, 2.75) is 6.92 Å². The Balaban J connectivity index is 2.18. The topological polar surface area (TPSA) is 78.4 Å². The van der Waals surface area contributed by atoms with Gasteiger partial charge in [-0.05, 0) is 36.8 Å². The third-order valence-electron chi connectivity index (χ3n) is 3.33. The largest absolute Gasteiger partial charge is 0.496 e. The fourth-order valence-corrected chi connectivity index (χ4v) is 2.27. The first-order chi connectivity index (χ1) is 10.1. The number of non-ortho nitro benzene ring substituents is 1. The SMILES string of the molecule is COc1ccc(-c2noc3ccc([N+](=O)[O-])cc23)cc1C. The van der Waals surface area contributed by atoms with Gasteiger partial charge in [-0.2, -0.15) is 0 Å². The van der Waals surface area contributed by atoms with Crippen molar-refractivity contribution in [3.8, 4) is 17.0 Å². The number of ether oxygens (including phenoxy) is 1. The smallest absolute Gasteiger partial charge is 0.270 e. The molecule has 1 aromatic heterocycles. The van der Waals surface area contributed by atoms with Gasteiger partial charge in [0, 0.05) is 17.7 Å². The maximum Gasteiger partial charge on any atom is 0.270 e. The number of aryl methyl sites for hydroxylation is 1. The van der Waals surface area contributed by atoms with Crippen molar-refractivity contribution in [3.63, 3.8) is 0 Å². The summed E-state index contributed by atoms with van der Waals surface area (Å²) in [7, 11) is 1.61. The second-order valence-corrected chi connectivity index (χ2v) is 4.65. The highest BCUT2D eigenvalue weighted by Gasteiger charge is 2.15. The van der Waals surface area contributed by atoms with Gasteiger partial charge < -0.3 is 9.26 Å². The van der Waals surface area contributed by atoms with E-state index < -0.39 is 4.92 Å². The first-order valence-electron chi connectivity index (χ1n) is 6.29. The van der Waals surface area contributed by atoms with E-state index in [1.165, 1.54) is 12.1 Å². The highest BCUT2D eigenvalue weighted by atomic mass is 16.6. The minimum atomic E-state index is -0.435. The Morgan fingerprint density at radius 2 is 2.05 bits per heavy atom. The molecule has 0 fully saturated rings. The number of nitrogens with zero attached hydrogens (tertiary/aromatic N) is 2. The Morgan fingerprint density at radius 1 is 1.24 bits per heavy atom. The second-order valence-electron chi connectivity index (χ2n) is 4.65. The van der Waals surface area contributed by atoms with Crippen molar-refractivity contribution < 1.29 is 14.2 Å². The number of nitro benzene ring substituents is 1. The number of fused-ring (bicyclic) bond motifs is 1. The molecular formula is C15H12N2O4. The fraction of sp³-hybridized carbons (Fsp3) is 0.133. The van der Waals surface area contributed by atoms with E-state index in [9.17, 15) is 10.1 Å². The van der Waals surface area contributed by atoms with Gasteiger partial charge in [0.25, 0.3) is 5.69 Å². The number of aromatic nitrogens is 1. The van der Waals surface area contributed by atoms with Crippen molar-refractivity contribution in [3.05, 3.63) is 52.1 Å². The van der Waals surface area contributed by atoms with E-state index in [2.05, 4.69) is 5.16 Å². The summed E-state index contributed by atoms with van der Waals surface area (Å²) in [5.41, 5.74) is 2.89. The van der Waals surface area contributed by atoms with E-state index in [1.807, 2.05) is 25.1 Å². The van der Waals surface area contributed by atoms with Crippen LogP contribution < -0.4 is 4.74 Å². The Morgan fingerprint density at radius 3 is 2.71 bits per heavy atom. The Hall–Kier alpha value is -2.89. The lowest BCUT2D eigenvalue weighted by molar-refractivity contribution is -0.384. The summed E-state index contributed by atoms with van der Waals surface area (Å²) in [4.78, 5) is 10.5. The zero-order valence-electron chi connectivity index (χ0n) is 11.5. The first-order valence-corrected chi connectivity index (χ1v) is 6.29. The van der Waals surface area contributed by atoms with E-state index in [0.29, 0.717) is 16.7 Å². The van der Waals surface area contributed by atoms with E-state index in [4.69, 9.17) is 9.26 Å². The fourth-order valence-electron chi connectivity index (χ4n) is 2.27. The van der Waals surface area contributed by atoms with Crippen LogP contribution >= 0.6 is 0 Å². The number of benzene rings is 2. The molecule has 3 aromatic rings. The van der Waals surface area contributed by atoms with Gasteiger partial charge in [-0.15, -0.1) is 0 Å². The summed E-state index contributed by atoms with van der Waals surface area (Å²) in [6, 6.07) is 10.0. The number of rotatable bonds is 3. The molecular weight excluding hydrogens is 272 g/mol. The molecule has 0 atom stereocenters. The zero-order valence-corrected chi connectivity index (χ0v) is 11.5. The predicted octanol–water partition coefficient (Wildman–Crippen LogP) is 3.72. The van der Waals surface area contributed by atoms with Crippen molar-refractivity contribution in [1.29, 1.82) is 0 Å². The lowest BCUT2D eigenvalue weighted by atomic mass is 10.0. The number of hydrogen-bond donors (Lipinski definition) is 0. The van der Waals surface area contributed by atoms with E-state index in [0.717, 1.165) is 16.9 Å². The number of nitro groups is 1. The number of methoxy groups -OCH3 is 1. The molecule has 0 bridgehead atoms. The molecule has 0 N–H and O–H groups in total. The molecule has 6 nitrogen and oxygen atoms in total. The average Bonchev–Trinajstić information content (AvgIpc) is 2.90. The molecule has 106 valence electrons. The Labute approximate surface area is 120 Å². The molecule has 0 aliphatic heterocycles. The van der Waals surface area contributed by atoms with Gasteiger partial charge in [0.1, 0.15) is 11.4 Å². The Kier molecular flexibility index (Phi) is 3.06. The third kappa shape index (κ3) is 2.20. The van der Waals surface area contributed by atoms with Crippen LogP contribution in [0.4, 0.5) is 5.69 Å². The second kappa shape index (κ2) is 4.90. The standard InChI is InChI=1S/C15H12N2O4/c1-9-7-10(3-5-13(9)20-2)15-12-8-11(17(18)19)4-6-14(12)21-16-15/h3-8H,1-2H3. The van der Waals surface area contributed by atoms with Crippen molar-refractivity contribution in [2.24, 2.45) is 0 Å². The lowest BCUT2D eigenvalue weighted by Crippen LogP contribution is -1.89. The van der Waals surface area contributed by atoms with Crippen molar-refractivity contribution in [1.82, 2.24) is 5.16 Å². The normalized spacial score (nSPS) is 10.8. The molecule has 0 saturated heterocycles. The minimum absolute atomic E-state index is 0.0113. The monoisotopic (exact) mass is 284 g/mol. The van der Waals surface area contributed by atoms with Crippen molar-refractivity contribution in [2.75, 3.05) is 7.11 Å². The maximum absolute atomic E-state index is 10.9. The Bertz CT molecular complexity index is 839. The third-order valence-corrected chi connectivity index (χ3v) is 3.33. The summed E-state index contributed by atoms with van der Waals surface area (Å²) >= 11 is 0. The molecule has 0 spiro atoms. The van der Waals surface area contributed by atoms with Crippen LogP contribution in [0.2, 0.25) is 0 Å². The molecule has 1 heterocycles. The molecule has 2 aromatic carbocycles. The van der Waals surface area contributed by atoms with Gasteiger partial charge >= 0.3 is 0 Å². The molecule has 0 radical (unpaired) electrons. The van der Waals surface area contributed by atoms with Crippen LogP contribution in [0.25, 0.3) is 22.2 Å². The van der Waals surface area contributed by atoms with Crippen LogP contribution in [0.15, 0.2) is 40.9 Å². The molecule has 0 amide bonds. The van der Waals surface area contributed by atoms with Gasteiger partial charge in [0.05, 0.1) is 17.4 Å². The van der Waals surface area contributed by atoms with Crippen LogP contribution in [0.1, 0.15) is 5.56 Å². The van der Waals surface area contributed by atoms with E-state index in [-0.39, 0.29) is 5.69 Å². The minimum Gasteiger partial charge on any atom is -0.496 e. The first kappa shape index (κ1) is 13.1. The van der Waals surface area contributed by atoms with E-state index in [1.54, 1.807) is 13.2 Å². The molecule has 0 aliphatic rings. The molecule has 6 heteroatoms. The molecule has 3 rings (SSSR count). The highest BCUT2D eigenvalue weighted by molar-refractivity contribution is 5.93. The summed E-state index contributed by atoms with van der Waals surface area (Å²) in [6.07, 6.45) is 0. The van der Waals surface area contributed by atoms with Crippen LogP contribution in [0.3, 0.4) is 0 Å². The molecule has 21 heavy (non-hydrogen) atoms. The summed E-state index contributed by atoms with van der Waals surface area (Å²) < 4.78 is 10.5. The quantitative estimate of drug-likeness (QED) is 0.541.